The van der Waals surface area contributed by atoms with E-state index in [4.69, 9.17) is 9.47 Å². The molecule has 0 N–H and O–H groups in total. The second-order valence-corrected chi connectivity index (χ2v) is 2.67. The highest BCUT2D eigenvalue weighted by molar-refractivity contribution is 5.17. The molecule has 2 nitrogen and oxygen atoms in total. The number of hydrogen-bond donors (Lipinski definition) is 0. The Bertz CT molecular complexity index is 300. The zero-order valence-corrected chi connectivity index (χ0v) is 7.09. The van der Waals surface area contributed by atoms with Crippen LogP contribution in [0.3, 0.4) is 0 Å². The Morgan fingerprint density at radius 2 is 1.46 bits per heavy atom. The fourth-order valence-corrected chi connectivity index (χ4v) is 1.12. The van der Waals surface area contributed by atoms with Gasteiger partial charge in [-0.2, -0.15) is 0 Å². The summed E-state index contributed by atoms with van der Waals surface area (Å²) in [5.74, 6) is 0. The SMILES string of the molecule is C1=COC(c2ccccc2)OC=C1. The minimum atomic E-state index is -0.323. The van der Waals surface area contributed by atoms with Crippen molar-refractivity contribution in [3.63, 3.8) is 0 Å². The fourth-order valence-electron chi connectivity index (χ4n) is 1.12. The summed E-state index contributed by atoms with van der Waals surface area (Å²) in [5, 5.41) is 0. The van der Waals surface area contributed by atoms with Crippen LogP contribution >= 0.6 is 0 Å². The summed E-state index contributed by atoms with van der Waals surface area (Å²) in [6, 6.07) is 9.82. The molecule has 0 bridgehead atoms. The van der Waals surface area contributed by atoms with Gasteiger partial charge in [-0.15, -0.1) is 0 Å². The van der Waals surface area contributed by atoms with E-state index < -0.39 is 0 Å². The van der Waals surface area contributed by atoms with Crippen molar-refractivity contribution >= 4 is 0 Å². The molecule has 0 radical (unpaired) electrons. The monoisotopic (exact) mass is 174 g/mol. The van der Waals surface area contributed by atoms with Crippen LogP contribution in [0.5, 0.6) is 0 Å². The van der Waals surface area contributed by atoms with Crippen molar-refractivity contribution in [2.75, 3.05) is 0 Å². The van der Waals surface area contributed by atoms with Gasteiger partial charge in [0, 0.05) is 5.56 Å². The molecule has 1 aromatic rings. The number of benzene rings is 1. The minimum Gasteiger partial charge on any atom is -0.458 e. The Balaban J connectivity index is 2.17. The lowest BCUT2D eigenvalue weighted by atomic mass is 10.2. The number of hydrogen-bond acceptors (Lipinski definition) is 2. The molecule has 2 rings (SSSR count). The van der Waals surface area contributed by atoms with Crippen molar-refractivity contribution in [3.05, 3.63) is 60.6 Å². The maximum Gasteiger partial charge on any atom is 0.266 e. The Morgan fingerprint density at radius 1 is 0.846 bits per heavy atom. The quantitative estimate of drug-likeness (QED) is 0.651. The topological polar surface area (TPSA) is 18.5 Å². The molecule has 1 aliphatic rings. The Labute approximate surface area is 77.1 Å². The second kappa shape index (κ2) is 3.81. The van der Waals surface area contributed by atoms with E-state index in [0.717, 1.165) is 5.56 Å². The van der Waals surface area contributed by atoms with Crippen molar-refractivity contribution < 1.29 is 9.47 Å². The second-order valence-electron chi connectivity index (χ2n) is 2.67. The predicted molar refractivity (Wildman–Crippen MR) is 49.6 cm³/mol. The standard InChI is InChI=1S/C11H10O2/c1-2-6-10(7-3-1)11-12-8-4-5-9-13-11/h1-9,11H. The van der Waals surface area contributed by atoms with Crippen molar-refractivity contribution in [3.8, 4) is 0 Å². The summed E-state index contributed by atoms with van der Waals surface area (Å²) < 4.78 is 10.6. The molecule has 0 saturated carbocycles. The third-order valence-electron chi connectivity index (χ3n) is 1.74. The fraction of sp³-hybridized carbons (Fsp3) is 0.0909. The molecular formula is C11H10O2. The van der Waals surface area contributed by atoms with Crippen molar-refractivity contribution in [1.82, 2.24) is 0 Å². The highest BCUT2D eigenvalue weighted by Gasteiger charge is 2.10. The zero-order chi connectivity index (χ0) is 8.93. The van der Waals surface area contributed by atoms with Crippen LogP contribution in [-0.2, 0) is 9.47 Å². The van der Waals surface area contributed by atoms with Gasteiger partial charge in [-0.05, 0) is 12.2 Å². The first kappa shape index (κ1) is 7.92. The highest BCUT2D eigenvalue weighted by atomic mass is 16.7. The van der Waals surface area contributed by atoms with Gasteiger partial charge in [-0.25, -0.2) is 0 Å². The van der Waals surface area contributed by atoms with E-state index in [1.165, 1.54) is 0 Å². The van der Waals surface area contributed by atoms with Crippen LogP contribution in [0.1, 0.15) is 11.9 Å². The number of rotatable bonds is 1. The van der Waals surface area contributed by atoms with Gasteiger partial charge >= 0.3 is 0 Å². The summed E-state index contributed by atoms with van der Waals surface area (Å²) in [6.45, 7) is 0. The van der Waals surface area contributed by atoms with Gasteiger partial charge in [0.1, 0.15) is 0 Å². The largest absolute Gasteiger partial charge is 0.458 e. The van der Waals surface area contributed by atoms with Gasteiger partial charge in [0.25, 0.3) is 6.29 Å². The molecule has 1 heterocycles. The van der Waals surface area contributed by atoms with Crippen molar-refractivity contribution in [1.29, 1.82) is 0 Å². The lowest BCUT2D eigenvalue weighted by Crippen LogP contribution is -2.00. The highest BCUT2D eigenvalue weighted by Crippen LogP contribution is 2.20. The molecule has 0 aromatic heterocycles. The third-order valence-corrected chi connectivity index (χ3v) is 1.74. The average molecular weight is 174 g/mol. The summed E-state index contributed by atoms with van der Waals surface area (Å²) >= 11 is 0. The maximum absolute atomic E-state index is 5.32. The van der Waals surface area contributed by atoms with Gasteiger partial charge in [0.05, 0.1) is 12.5 Å². The van der Waals surface area contributed by atoms with Crippen LogP contribution in [-0.4, -0.2) is 0 Å². The van der Waals surface area contributed by atoms with Gasteiger partial charge in [0.15, 0.2) is 0 Å². The first-order valence-electron chi connectivity index (χ1n) is 4.14. The molecule has 0 spiro atoms. The van der Waals surface area contributed by atoms with Gasteiger partial charge in [-0.1, -0.05) is 30.3 Å². The number of allylic oxidation sites excluding steroid dienone is 2. The molecule has 1 aliphatic heterocycles. The van der Waals surface area contributed by atoms with E-state index in [9.17, 15) is 0 Å². The summed E-state index contributed by atoms with van der Waals surface area (Å²) in [5.41, 5.74) is 1.01. The van der Waals surface area contributed by atoms with E-state index in [-0.39, 0.29) is 6.29 Å². The molecule has 2 heteroatoms. The molecule has 13 heavy (non-hydrogen) atoms. The van der Waals surface area contributed by atoms with E-state index in [1.807, 2.05) is 30.3 Å². The number of ether oxygens (including phenoxy) is 2. The Hall–Kier alpha value is -1.70. The van der Waals surface area contributed by atoms with Crippen LogP contribution in [0.25, 0.3) is 0 Å². The summed E-state index contributed by atoms with van der Waals surface area (Å²) in [7, 11) is 0. The normalized spacial score (nSPS) is 16.0. The van der Waals surface area contributed by atoms with E-state index in [2.05, 4.69) is 0 Å². The molecule has 0 unspecified atom stereocenters. The summed E-state index contributed by atoms with van der Waals surface area (Å²) in [6.07, 6.45) is 6.52. The van der Waals surface area contributed by atoms with Crippen LogP contribution in [0, 0.1) is 0 Å². The molecule has 0 fully saturated rings. The van der Waals surface area contributed by atoms with E-state index in [1.54, 1.807) is 24.7 Å². The molecule has 0 atom stereocenters. The van der Waals surface area contributed by atoms with Crippen LogP contribution in [0.15, 0.2) is 55.0 Å². The lowest BCUT2D eigenvalue weighted by molar-refractivity contribution is -0.0618. The van der Waals surface area contributed by atoms with Crippen LogP contribution in [0.4, 0.5) is 0 Å². The molecule has 1 aromatic carbocycles. The van der Waals surface area contributed by atoms with E-state index in [0.29, 0.717) is 0 Å². The zero-order valence-electron chi connectivity index (χ0n) is 7.09. The van der Waals surface area contributed by atoms with Gasteiger partial charge < -0.3 is 9.47 Å². The van der Waals surface area contributed by atoms with Gasteiger partial charge in [-0.3, -0.25) is 0 Å². The molecule has 0 aliphatic carbocycles. The lowest BCUT2D eigenvalue weighted by Gasteiger charge is -2.14. The predicted octanol–water partition coefficient (Wildman–Crippen LogP) is 2.76. The Morgan fingerprint density at radius 3 is 2.08 bits per heavy atom. The van der Waals surface area contributed by atoms with Crippen molar-refractivity contribution in [2.45, 2.75) is 6.29 Å². The van der Waals surface area contributed by atoms with E-state index >= 15 is 0 Å². The van der Waals surface area contributed by atoms with Crippen molar-refractivity contribution in [2.24, 2.45) is 0 Å². The first-order chi connectivity index (χ1) is 6.47. The third kappa shape index (κ3) is 1.90. The summed E-state index contributed by atoms with van der Waals surface area (Å²) in [4.78, 5) is 0. The maximum atomic E-state index is 5.32. The molecular weight excluding hydrogens is 164 g/mol. The minimum absolute atomic E-state index is 0.323. The molecule has 0 amide bonds. The van der Waals surface area contributed by atoms with Gasteiger partial charge in [0.2, 0.25) is 0 Å². The smallest absolute Gasteiger partial charge is 0.266 e. The van der Waals surface area contributed by atoms with Crippen LogP contribution in [0.2, 0.25) is 0 Å². The van der Waals surface area contributed by atoms with Crippen LogP contribution < -0.4 is 0 Å². The average Bonchev–Trinajstić information content (AvgIpc) is 2.47. The molecule has 0 saturated heterocycles. The Kier molecular flexibility index (Phi) is 2.32. The molecule has 66 valence electrons. The first-order valence-corrected chi connectivity index (χ1v) is 4.14.